The van der Waals surface area contributed by atoms with Crippen molar-refractivity contribution < 1.29 is 9.53 Å². The van der Waals surface area contributed by atoms with Crippen molar-refractivity contribution in [3.63, 3.8) is 0 Å². The molecule has 0 radical (unpaired) electrons. The number of ether oxygens (including phenoxy) is 1. The number of carbonyl (C=O) groups excluding carboxylic acids is 1. The van der Waals surface area contributed by atoms with Crippen LogP contribution < -0.4 is 4.90 Å². The van der Waals surface area contributed by atoms with Crippen LogP contribution >= 0.6 is 11.8 Å². The third-order valence-electron chi connectivity index (χ3n) is 2.98. The van der Waals surface area contributed by atoms with Gasteiger partial charge >= 0.3 is 5.97 Å². The highest BCUT2D eigenvalue weighted by Crippen LogP contribution is 2.25. The zero-order valence-electron chi connectivity index (χ0n) is 10.0. The van der Waals surface area contributed by atoms with E-state index in [1.54, 1.807) is 18.3 Å². The van der Waals surface area contributed by atoms with Crippen LogP contribution in [0.2, 0.25) is 0 Å². The van der Waals surface area contributed by atoms with E-state index in [9.17, 15) is 4.79 Å². The summed E-state index contributed by atoms with van der Waals surface area (Å²) >= 11 is 1.96. The van der Waals surface area contributed by atoms with Crippen LogP contribution in [0, 0.1) is 0 Å². The second kappa shape index (κ2) is 5.40. The zero-order chi connectivity index (χ0) is 12.3. The molecule has 0 aromatic carbocycles. The van der Waals surface area contributed by atoms with Gasteiger partial charge in [-0.1, -0.05) is 0 Å². The van der Waals surface area contributed by atoms with Crippen LogP contribution in [0.5, 0.6) is 0 Å². The lowest BCUT2D eigenvalue weighted by atomic mass is 10.2. The van der Waals surface area contributed by atoms with E-state index in [2.05, 4.69) is 9.88 Å². The summed E-state index contributed by atoms with van der Waals surface area (Å²) in [6.45, 7) is 0. The lowest BCUT2D eigenvalue weighted by molar-refractivity contribution is 0.0600. The molecule has 1 aliphatic rings. The fourth-order valence-electron chi connectivity index (χ4n) is 1.87. The first-order valence-electron chi connectivity index (χ1n) is 5.57. The van der Waals surface area contributed by atoms with E-state index in [-0.39, 0.29) is 5.97 Å². The lowest BCUT2D eigenvalue weighted by Gasteiger charge is -2.24. The molecule has 17 heavy (non-hydrogen) atoms. The number of aromatic nitrogens is 1. The van der Waals surface area contributed by atoms with Crippen LogP contribution in [-0.2, 0) is 4.74 Å². The van der Waals surface area contributed by atoms with Crippen molar-refractivity contribution in [1.29, 1.82) is 0 Å². The van der Waals surface area contributed by atoms with Crippen molar-refractivity contribution in [2.45, 2.75) is 12.5 Å². The third kappa shape index (κ3) is 2.72. The predicted octanol–water partition coefficient (Wildman–Crippen LogP) is 1.81. The standard InChI is InChI=1S/C12H16N2O2S/c1-14(10-4-6-17-8-10)11-7-9(3-5-13-11)12(15)16-2/h3,5,7,10H,4,6,8H2,1-2H3. The molecular weight excluding hydrogens is 236 g/mol. The molecule has 1 aliphatic heterocycles. The molecule has 0 spiro atoms. The number of methoxy groups -OCH3 is 1. The molecule has 2 rings (SSSR count). The van der Waals surface area contributed by atoms with Gasteiger partial charge in [0.1, 0.15) is 5.82 Å². The highest BCUT2D eigenvalue weighted by atomic mass is 32.2. The van der Waals surface area contributed by atoms with Gasteiger partial charge in [-0.3, -0.25) is 0 Å². The van der Waals surface area contributed by atoms with Gasteiger partial charge in [0.15, 0.2) is 0 Å². The number of hydrogen-bond acceptors (Lipinski definition) is 5. The molecule has 4 nitrogen and oxygen atoms in total. The molecule has 1 aromatic rings. The summed E-state index contributed by atoms with van der Waals surface area (Å²) in [6.07, 6.45) is 2.82. The number of anilines is 1. The Morgan fingerprint density at radius 2 is 2.47 bits per heavy atom. The largest absolute Gasteiger partial charge is 0.465 e. The Kier molecular flexibility index (Phi) is 3.89. The van der Waals surface area contributed by atoms with Crippen molar-refractivity contribution in [3.8, 4) is 0 Å². The van der Waals surface area contributed by atoms with E-state index >= 15 is 0 Å². The van der Waals surface area contributed by atoms with E-state index in [1.807, 2.05) is 18.8 Å². The monoisotopic (exact) mass is 252 g/mol. The zero-order valence-corrected chi connectivity index (χ0v) is 10.9. The van der Waals surface area contributed by atoms with Crippen LogP contribution in [0.25, 0.3) is 0 Å². The van der Waals surface area contributed by atoms with Gasteiger partial charge in [0.2, 0.25) is 0 Å². The van der Waals surface area contributed by atoms with Gasteiger partial charge in [-0.05, 0) is 24.3 Å². The minimum Gasteiger partial charge on any atom is -0.465 e. The number of thioether (sulfide) groups is 1. The van der Waals surface area contributed by atoms with Gasteiger partial charge in [-0.15, -0.1) is 0 Å². The molecule has 1 aromatic heterocycles. The van der Waals surface area contributed by atoms with Crippen molar-refractivity contribution in [3.05, 3.63) is 23.9 Å². The van der Waals surface area contributed by atoms with Crippen molar-refractivity contribution in [1.82, 2.24) is 4.98 Å². The van der Waals surface area contributed by atoms with Crippen molar-refractivity contribution in [2.24, 2.45) is 0 Å². The van der Waals surface area contributed by atoms with Crippen molar-refractivity contribution in [2.75, 3.05) is 30.6 Å². The Bertz CT molecular complexity index is 405. The molecule has 1 unspecified atom stereocenters. The van der Waals surface area contributed by atoms with Crippen LogP contribution in [0.4, 0.5) is 5.82 Å². The molecule has 1 fully saturated rings. The molecule has 2 heterocycles. The normalized spacial score (nSPS) is 19.1. The second-order valence-corrected chi connectivity index (χ2v) is 5.17. The molecule has 92 valence electrons. The molecule has 0 N–H and O–H groups in total. The molecule has 1 atom stereocenters. The van der Waals surface area contributed by atoms with Gasteiger partial charge in [0.05, 0.1) is 12.7 Å². The molecule has 1 saturated heterocycles. The highest BCUT2D eigenvalue weighted by Gasteiger charge is 2.21. The Morgan fingerprint density at radius 3 is 3.12 bits per heavy atom. The number of carbonyl (C=O) groups is 1. The van der Waals surface area contributed by atoms with E-state index in [1.165, 1.54) is 19.3 Å². The fraction of sp³-hybridized carbons (Fsp3) is 0.500. The topological polar surface area (TPSA) is 42.4 Å². The maximum atomic E-state index is 11.4. The van der Waals surface area contributed by atoms with Gasteiger partial charge in [0.25, 0.3) is 0 Å². The Labute approximate surface area is 105 Å². The number of esters is 1. The molecule has 0 aliphatic carbocycles. The van der Waals surface area contributed by atoms with E-state index in [0.717, 1.165) is 11.6 Å². The van der Waals surface area contributed by atoms with E-state index in [4.69, 9.17) is 4.74 Å². The number of hydrogen-bond donors (Lipinski definition) is 0. The van der Waals surface area contributed by atoms with Crippen LogP contribution in [-0.4, -0.2) is 42.7 Å². The van der Waals surface area contributed by atoms with Crippen LogP contribution in [0.1, 0.15) is 16.8 Å². The smallest absolute Gasteiger partial charge is 0.338 e. The van der Waals surface area contributed by atoms with Gasteiger partial charge < -0.3 is 9.64 Å². The highest BCUT2D eigenvalue weighted by molar-refractivity contribution is 7.99. The van der Waals surface area contributed by atoms with Crippen LogP contribution in [0.3, 0.4) is 0 Å². The first-order valence-corrected chi connectivity index (χ1v) is 6.73. The Morgan fingerprint density at radius 1 is 1.65 bits per heavy atom. The average molecular weight is 252 g/mol. The number of pyridine rings is 1. The summed E-state index contributed by atoms with van der Waals surface area (Å²) in [7, 11) is 3.42. The summed E-state index contributed by atoms with van der Waals surface area (Å²) in [5.74, 6) is 2.84. The van der Waals surface area contributed by atoms with Gasteiger partial charge in [-0.25, -0.2) is 9.78 Å². The van der Waals surface area contributed by atoms with E-state index in [0.29, 0.717) is 11.6 Å². The second-order valence-electron chi connectivity index (χ2n) is 4.02. The Hall–Kier alpha value is -1.23. The molecule has 5 heteroatoms. The van der Waals surface area contributed by atoms with Gasteiger partial charge in [-0.2, -0.15) is 11.8 Å². The van der Waals surface area contributed by atoms with E-state index < -0.39 is 0 Å². The van der Waals surface area contributed by atoms with Gasteiger partial charge in [0, 0.05) is 25.0 Å². The summed E-state index contributed by atoms with van der Waals surface area (Å²) in [4.78, 5) is 17.9. The summed E-state index contributed by atoms with van der Waals surface area (Å²) in [5.41, 5.74) is 0.551. The maximum Gasteiger partial charge on any atom is 0.338 e. The number of nitrogens with zero attached hydrogens (tertiary/aromatic N) is 2. The first kappa shape index (κ1) is 12.2. The molecule has 0 amide bonds. The fourth-order valence-corrected chi connectivity index (χ4v) is 3.14. The average Bonchev–Trinajstić information content (AvgIpc) is 2.91. The minimum absolute atomic E-state index is 0.317. The maximum absolute atomic E-state index is 11.4. The summed E-state index contributed by atoms with van der Waals surface area (Å²) in [6, 6.07) is 3.97. The first-order chi connectivity index (χ1) is 8.22. The van der Waals surface area contributed by atoms with Crippen LogP contribution in [0.15, 0.2) is 18.3 Å². The van der Waals surface area contributed by atoms with Crippen molar-refractivity contribution >= 4 is 23.5 Å². The minimum atomic E-state index is -0.317. The third-order valence-corrected chi connectivity index (χ3v) is 4.13. The lowest BCUT2D eigenvalue weighted by Crippen LogP contribution is -2.32. The quantitative estimate of drug-likeness (QED) is 0.768. The summed E-state index contributed by atoms with van der Waals surface area (Å²) in [5, 5.41) is 0. The molecule has 0 bridgehead atoms. The number of rotatable bonds is 3. The molecular formula is C12H16N2O2S. The summed E-state index contributed by atoms with van der Waals surface area (Å²) < 4.78 is 4.71. The SMILES string of the molecule is COC(=O)c1ccnc(N(C)C2CCSC2)c1. The molecule has 0 saturated carbocycles. The Balaban J connectivity index is 2.17. The predicted molar refractivity (Wildman–Crippen MR) is 69.7 cm³/mol.